The molecule has 0 spiro atoms. The molecule has 1 aromatic carbocycles. The van der Waals surface area contributed by atoms with Gasteiger partial charge in [-0.05, 0) is 12.5 Å². The molecule has 0 fully saturated rings. The van der Waals surface area contributed by atoms with Crippen molar-refractivity contribution >= 4 is 11.6 Å². The van der Waals surface area contributed by atoms with Crippen LogP contribution < -0.4 is 11.1 Å². The van der Waals surface area contributed by atoms with Crippen LogP contribution in [0.4, 0.5) is 11.6 Å². The fourth-order valence-corrected chi connectivity index (χ4v) is 1.92. The molecule has 0 bridgehead atoms. The molecule has 3 N–H and O–H groups in total. The molecular weight excluding hydrogens is 248 g/mol. The van der Waals surface area contributed by atoms with E-state index in [0.29, 0.717) is 5.82 Å². The first kappa shape index (κ1) is 14.3. The van der Waals surface area contributed by atoms with Gasteiger partial charge in [-0.3, -0.25) is 0 Å². The molecule has 106 valence electrons. The standard InChI is InChI=1S/C16H22N4/c1-11(12-8-6-5-7-9-12)18-14-10-13(17)19-15(20-14)16(2,3)4/h5-11H,1-4H3,(H3,17,18,19,20). The predicted octanol–water partition coefficient (Wildman–Crippen LogP) is 3.53. The number of nitrogens with two attached hydrogens (primary N) is 1. The van der Waals surface area contributed by atoms with E-state index < -0.39 is 0 Å². The molecule has 4 heteroatoms. The van der Waals surface area contributed by atoms with Gasteiger partial charge in [0.25, 0.3) is 0 Å². The number of hydrogen-bond acceptors (Lipinski definition) is 4. The van der Waals surface area contributed by atoms with Gasteiger partial charge in [-0.15, -0.1) is 0 Å². The van der Waals surface area contributed by atoms with Gasteiger partial charge in [-0.2, -0.15) is 0 Å². The smallest absolute Gasteiger partial charge is 0.138 e. The summed E-state index contributed by atoms with van der Waals surface area (Å²) in [6.45, 7) is 8.33. The molecule has 0 radical (unpaired) electrons. The van der Waals surface area contributed by atoms with Gasteiger partial charge in [-0.25, -0.2) is 9.97 Å². The second-order valence-electron chi connectivity index (χ2n) is 6.03. The molecule has 0 aliphatic heterocycles. The van der Waals surface area contributed by atoms with Crippen molar-refractivity contribution in [3.05, 3.63) is 47.8 Å². The Bertz CT molecular complexity index is 573. The highest BCUT2D eigenvalue weighted by Crippen LogP contribution is 2.23. The number of benzene rings is 1. The van der Waals surface area contributed by atoms with E-state index in [1.165, 1.54) is 5.56 Å². The van der Waals surface area contributed by atoms with Gasteiger partial charge in [0.15, 0.2) is 0 Å². The van der Waals surface area contributed by atoms with Crippen LogP contribution >= 0.6 is 0 Å². The van der Waals surface area contributed by atoms with E-state index in [1.807, 2.05) is 18.2 Å². The van der Waals surface area contributed by atoms with Gasteiger partial charge < -0.3 is 11.1 Å². The summed E-state index contributed by atoms with van der Waals surface area (Å²) in [5.74, 6) is 2.01. The van der Waals surface area contributed by atoms with Crippen molar-refractivity contribution in [1.29, 1.82) is 0 Å². The molecule has 0 aliphatic rings. The minimum atomic E-state index is -0.123. The number of hydrogen-bond donors (Lipinski definition) is 2. The average Bonchev–Trinajstić information content (AvgIpc) is 2.38. The zero-order valence-corrected chi connectivity index (χ0v) is 12.5. The maximum Gasteiger partial charge on any atom is 0.138 e. The molecule has 4 nitrogen and oxygen atoms in total. The zero-order valence-electron chi connectivity index (χ0n) is 12.5. The Morgan fingerprint density at radius 3 is 2.35 bits per heavy atom. The quantitative estimate of drug-likeness (QED) is 0.895. The van der Waals surface area contributed by atoms with Crippen molar-refractivity contribution in [2.24, 2.45) is 0 Å². The second kappa shape index (κ2) is 5.49. The summed E-state index contributed by atoms with van der Waals surface area (Å²) in [6, 6.07) is 12.2. The van der Waals surface area contributed by atoms with Crippen LogP contribution in [-0.4, -0.2) is 9.97 Å². The van der Waals surface area contributed by atoms with Crippen LogP contribution in [0.1, 0.15) is 45.1 Å². The van der Waals surface area contributed by atoms with Gasteiger partial charge in [0.2, 0.25) is 0 Å². The maximum atomic E-state index is 5.88. The second-order valence-corrected chi connectivity index (χ2v) is 6.03. The molecule has 0 saturated carbocycles. The summed E-state index contributed by atoms with van der Waals surface area (Å²) in [7, 11) is 0. The molecule has 1 unspecified atom stereocenters. The molecule has 0 amide bonds. The Labute approximate surface area is 120 Å². The van der Waals surface area contributed by atoms with Crippen molar-refractivity contribution in [2.75, 3.05) is 11.1 Å². The Kier molecular flexibility index (Phi) is 3.93. The number of rotatable bonds is 3. The molecule has 0 saturated heterocycles. The Morgan fingerprint density at radius 2 is 1.75 bits per heavy atom. The normalized spacial score (nSPS) is 13.0. The lowest BCUT2D eigenvalue weighted by molar-refractivity contribution is 0.546. The zero-order chi connectivity index (χ0) is 14.8. The topological polar surface area (TPSA) is 63.8 Å². The van der Waals surface area contributed by atoms with Crippen LogP contribution in [0.3, 0.4) is 0 Å². The van der Waals surface area contributed by atoms with Crippen molar-refractivity contribution in [3.63, 3.8) is 0 Å². The van der Waals surface area contributed by atoms with E-state index in [-0.39, 0.29) is 11.5 Å². The number of nitrogens with zero attached hydrogens (tertiary/aromatic N) is 2. The average molecular weight is 270 g/mol. The number of nitrogen functional groups attached to an aromatic ring is 1. The van der Waals surface area contributed by atoms with Gasteiger partial charge in [-0.1, -0.05) is 51.1 Å². The monoisotopic (exact) mass is 270 g/mol. The van der Waals surface area contributed by atoms with E-state index in [1.54, 1.807) is 6.07 Å². The van der Waals surface area contributed by atoms with Crippen LogP contribution in [0.15, 0.2) is 36.4 Å². The largest absolute Gasteiger partial charge is 0.384 e. The maximum absolute atomic E-state index is 5.88. The highest BCUT2D eigenvalue weighted by Gasteiger charge is 2.19. The van der Waals surface area contributed by atoms with E-state index in [2.05, 4.69) is 55.1 Å². The first-order chi connectivity index (χ1) is 9.36. The minimum absolute atomic E-state index is 0.123. The number of nitrogens with one attached hydrogen (secondary N) is 1. The summed E-state index contributed by atoms with van der Waals surface area (Å²) < 4.78 is 0. The van der Waals surface area contributed by atoms with E-state index >= 15 is 0 Å². The van der Waals surface area contributed by atoms with Gasteiger partial charge in [0.05, 0.1) is 0 Å². The molecule has 1 atom stereocenters. The predicted molar refractivity (Wildman–Crippen MR) is 83.6 cm³/mol. The van der Waals surface area contributed by atoms with Gasteiger partial charge in [0.1, 0.15) is 17.5 Å². The van der Waals surface area contributed by atoms with Crippen LogP contribution in [0, 0.1) is 0 Å². The third-order valence-corrected chi connectivity index (χ3v) is 3.08. The van der Waals surface area contributed by atoms with Crippen LogP contribution in [0.25, 0.3) is 0 Å². The summed E-state index contributed by atoms with van der Waals surface area (Å²) in [5, 5.41) is 3.38. The first-order valence-electron chi connectivity index (χ1n) is 6.83. The summed E-state index contributed by atoms with van der Waals surface area (Å²) in [4.78, 5) is 8.88. The van der Waals surface area contributed by atoms with Crippen molar-refractivity contribution in [1.82, 2.24) is 9.97 Å². The van der Waals surface area contributed by atoms with E-state index in [9.17, 15) is 0 Å². The molecule has 1 aromatic heterocycles. The molecular formula is C16H22N4. The van der Waals surface area contributed by atoms with E-state index in [4.69, 9.17) is 5.73 Å². The van der Waals surface area contributed by atoms with Crippen LogP contribution in [-0.2, 0) is 5.41 Å². The van der Waals surface area contributed by atoms with Crippen LogP contribution in [0.5, 0.6) is 0 Å². The fourth-order valence-electron chi connectivity index (χ4n) is 1.92. The fraction of sp³-hybridized carbons (Fsp3) is 0.375. The molecule has 2 rings (SSSR count). The van der Waals surface area contributed by atoms with Crippen molar-refractivity contribution in [3.8, 4) is 0 Å². The van der Waals surface area contributed by atoms with E-state index in [0.717, 1.165) is 11.6 Å². The van der Waals surface area contributed by atoms with Crippen molar-refractivity contribution < 1.29 is 0 Å². The van der Waals surface area contributed by atoms with Crippen LogP contribution in [0.2, 0.25) is 0 Å². The summed E-state index contributed by atoms with van der Waals surface area (Å²) in [5.41, 5.74) is 6.97. The Hall–Kier alpha value is -2.10. The summed E-state index contributed by atoms with van der Waals surface area (Å²) in [6.07, 6.45) is 0. The highest BCUT2D eigenvalue weighted by atomic mass is 15.1. The molecule has 20 heavy (non-hydrogen) atoms. The molecule has 1 heterocycles. The Morgan fingerprint density at radius 1 is 1.10 bits per heavy atom. The summed E-state index contributed by atoms with van der Waals surface area (Å²) >= 11 is 0. The molecule has 2 aromatic rings. The number of aromatic nitrogens is 2. The lowest BCUT2D eigenvalue weighted by Crippen LogP contribution is -2.19. The third-order valence-electron chi connectivity index (χ3n) is 3.08. The molecule has 0 aliphatic carbocycles. The lowest BCUT2D eigenvalue weighted by atomic mass is 9.96. The minimum Gasteiger partial charge on any atom is -0.384 e. The highest BCUT2D eigenvalue weighted by molar-refractivity contribution is 5.47. The van der Waals surface area contributed by atoms with Gasteiger partial charge in [0, 0.05) is 17.5 Å². The first-order valence-corrected chi connectivity index (χ1v) is 6.83. The third kappa shape index (κ3) is 3.47. The lowest BCUT2D eigenvalue weighted by Gasteiger charge is -2.20. The van der Waals surface area contributed by atoms with Gasteiger partial charge >= 0.3 is 0 Å². The van der Waals surface area contributed by atoms with Crippen molar-refractivity contribution in [2.45, 2.75) is 39.2 Å². The SMILES string of the molecule is CC(Nc1cc(N)nc(C(C)(C)C)n1)c1ccccc1. The number of anilines is 2. The Balaban J connectivity index is 2.24.